The Morgan fingerprint density at radius 1 is 1.25 bits per heavy atom. The lowest BCUT2D eigenvalue weighted by atomic mass is 9.77. The van der Waals surface area contributed by atoms with Crippen molar-refractivity contribution >= 4 is 6.01 Å². The molecular weight excluding hydrogens is 202 g/mol. The van der Waals surface area contributed by atoms with Crippen LogP contribution in [0.25, 0.3) is 0 Å². The van der Waals surface area contributed by atoms with Crippen molar-refractivity contribution in [3.05, 3.63) is 5.82 Å². The zero-order valence-electron chi connectivity index (χ0n) is 10.4. The van der Waals surface area contributed by atoms with Crippen molar-refractivity contribution in [3.63, 3.8) is 0 Å². The van der Waals surface area contributed by atoms with Gasteiger partial charge in [0.15, 0.2) is 5.82 Å². The third-order valence-electron chi connectivity index (χ3n) is 3.74. The van der Waals surface area contributed by atoms with Crippen molar-refractivity contribution < 1.29 is 4.52 Å². The van der Waals surface area contributed by atoms with Crippen LogP contribution in [0.5, 0.6) is 0 Å². The quantitative estimate of drug-likeness (QED) is 0.855. The maximum Gasteiger partial charge on any atom is 0.321 e. The maximum absolute atomic E-state index is 5.07. The summed E-state index contributed by atoms with van der Waals surface area (Å²) in [7, 11) is 1.80. The fraction of sp³-hybridized carbons (Fsp3) is 0.833. The third kappa shape index (κ3) is 2.36. The molecule has 16 heavy (non-hydrogen) atoms. The molecule has 0 aliphatic heterocycles. The van der Waals surface area contributed by atoms with Gasteiger partial charge in [0.2, 0.25) is 0 Å². The van der Waals surface area contributed by atoms with E-state index >= 15 is 0 Å². The van der Waals surface area contributed by atoms with Crippen molar-refractivity contribution in [2.24, 2.45) is 11.8 Å². The summed E-state index contributed by atoms with van der Waals surface area (Å²) in [6, 6.07) is 0.529. The first-order valence-electron chi connectivity index (χ1n) is 6.22. The molecule has 1 saturated carbocycles. The van der Waals surface area contributed by atoms with Crippen LogP contribution < -0.4 is 5.32 Å². The number of rotatable bonds is 3. The van der Waals surface area contributed by atoms with Gasteiger partial charge < -0.3 is 9.84 Å². The first-order chi connectivity index (χ1) is 7.70. The van der Waals surface area contributed by atoms with E-state index in [9.17, 15) is 0 Å². The lowest BCUT2D eigenvalue weighted by molar-refractivity contribution is 0.252. The molecular formula is C12H21N3O. The Hall–Kier alpha value is -1.06. The first kappa shape index (κ1) is 11.4. The van der Waals surface area contributed by atoms with E-state index in [0.29, 0.717) is 11.9 Å². The molecule has 1 fully saturated rings. The molecule has 1 aliphatic rings. The Kier molecular flexibility index (Phi) is 3.46. The minimum Gasteiger partial charge on any atom is -0.341 e. The lowest BCUT2D eigenvalue weighted by Gasteiger charge is -2.29. The lowest BCUT2D eigenvalue weighted by Crippen LogP contribution is -2.18. The van der Waals surface area contributed by atoms with E-state index < -0.39 is 0 Å². The molecule has 0 amide bonds. The number of hydrogen-bond donors (Lipinski definition) is 1. The average molecular weight is 223 g/mol. The number of anilines is 1. The second kappa shape index (κ2) is 4.85. The minimum absolute atomic E-state index is 0.501. The summed E-state index contributed by atoms with van der Waals surface area (Å²) in [5.74, 6) is 3.07. The Morgan fingerprint density at radius 3 is 2.44 bits per heavy atom. The van der Waals surface area contributed by atoms with Gasteiger partial charge in [0, 0.05) is 13.0 Å². The van der Waals surface area contributed by atoms with Gasteiger partial charge in [-0.05, 0) is 37.5 Å². The van der Waals surface area contributed by atoms with Crippen molar-refractivity contribution in [2.45, 2.75) is 45.4 Å². The van der Waals surface area contributed by atoms with Crippen molar-refractivity contribution in [1.82, 2.24) is 10.1 Å². The highest BCUT2D eigenvalue weighted by Gasteiger charge is 2.27. The average Bonchev–Trinajstić information content (AvgIpc) is 2.77. The molecule has 0 aromatic carbocycles. The molecule has 0 bridgehead atoms. The van der Waals surface area contributed by atoms with Crippen LogP contribution in [0.2, 0.25) is 0 Å². The molecule has 90 valence electrons. The van der Waals surface area contributed by atoms with E-state index in [1.165, 1.54) is 25.7 Å². The van der Waals surface area contributed by atoms with Crippen LogP contribution in [0.15, 0.2) is 4.52 Å². The molecule has 1 heterocycles. The molecule has 1 aromatic rings. The van der Waals surface area contributed by atoms with Crippen LogP contribution in [0, 0.1) is 11.8 Å². The summed E-state index contributed by atoms with van der Waals surface area (Å²) in [6.07, 6.45) is 4.99. The molecule has 1 N–H and O–H groups in total. The molecule has 0 radical (unpaired) electrons. The van der Waals surface area contributed by atoms with Crippen LogP contribution in [-0.2, 0) is 0 Å². The largest absolute Gasteiger partial charge is 0.341 e. The van der Waals surface area contributed by atoms with Gasteiger partial charge in [0.25, 0.3) is 0 Å². The summed E-state index contributed by atoms with van der Waals surface area (Å²) in [6.45, 7) is 4.64. The maximum atomic E-state index is 5.07. The molecule has 4 heteroatoms. The third-order valence-corrected chi connectivity index (χ3v) is 3.74. The molecule has 0 atom stereocenters. The van der Waals surface area contributed by atoms with Gasteiger partial charge in [-0.15, -0.1) is 0 Å². The van der Waals surface area contributed by atoms with Crippen molar-refractivity contribution in [2.75, 3.05) is 12.4 Å². The van der Waals surface area contributed by atoms with Crippen LogP contribution >= 0.6 is 0 Å². The van der Waals surface area contributed by atoms with Crippen LogP contribution in [0.3, 0.4) is 0 Å². The Balaban J connectivity index is 1.93. The van der Waals surface area contributed by atoms with Gasteiger partial charge >= 0.3 is 6.01 Å². The molecule has 4 nitrogen and oxygen atoms in total. The predicted molar refractivity (Wildman–Crippen MR) is 63.4 cm³/mol. The summed E-state index contributed by atoms with van der Waals surface area (Å²) in [4.78, 5) is 4.33. The standard InChI is InChI=1S/C12H21N3O/c1-8(2)9-4-6-10(7-5-9)11-14-12(13-3)16-15-11/h8-10H,4-7H2,1-3H3,(H,13,14,15). The number of nitrogens with zero attached hydrogens (tertiary/aromatic N) is 2. The second-order valence-corrected chi connectivity index (χ2v) is 5.06. The monoisotopic (exact) mass is 223 g/mol. The molecule has 2 rings (SSSR count). The van der Waals surface area contributed by atoms with E-state index in [1.54, 1.807) is 7.05 Å². The second-order valence-electron chi connectivity index (χ2n) is 5.06. The summed E-state index contributed by atoms with van der Waals surface area (Å²) < 4.78 is 5.07. The van der Waals surface area contributed by atoms with E-state index in [1.807, 2.05) is 0 Å². The number of hydrogen-bond acceptors (Lipinski definition) is 4. The zero-order valence-corrected chi connectivity index (χ0v) is 10.4. The Labute approximate surface area is 96.8 Å². The fourth-order valence-corrected chi connectivity index (χ4v) is 2.55. The van der Waals surface area contributed by atoms with E-state index in [-0.39, 0.29) is 0 Å². The smallest absolute Gasteiger partial charge is 0.321 e. The number of nitrogens with one attached hydrogen (secondary N) is 1. The van der Waals surface area contributed by atoms with Crippen LogP contribution in [0.1, 0.15) is 51.3 Å². The minimum atomic E-state index is 0.501. The van der Waals surface area contributed by atoms with Gasteiger partial charge in [-0.25, -0.2) is 0 Å². The molecule has 1 aliphatic carbocycles. The van der Waals surface area contributed by atoms with Crippen molar-refractivity contribution in [1.29, 1.82) is 0 Å². The molecule has 1 aromatic heterocycles. The van der Waals surface area contributed by atoms with Crippen molar-refractivity contribution in [3.8, 4) is 0 Å². The van der Waals surface area contributed by atoms with Gasteiger partial charge in [-0.1, -0.05) is 19.0 Å². The topological polar surface area (TPSA) is 51.0 Å². The summed E-state index contributed by atoms with van der Waals surface area (Å²) >= 11 is 0. The van der Waals surface area contributed by atoms with Gasteiger partial charge in [0.05, 0.1) is 0 Å². The van der Waals surface area contributed by atoms with Crippen LogP contribution in [-0.4, -0.2) is 17.2 Å². The van der Waals surface area contributed by atoms with E-state index in [0.717, 1.165) is 17.7 Å². The SMILES string of the molecule is CNc1nc(C2CCC(C(C)C)CC2)no1. The summed E-state index contributed by atoms with van der Waals surface area (Å²) in [5, 5.41) is 6.91. The Morgan fingerprint density at radius 2 is 1.94 bits per heavy atom. The van der Waals surface area contributed by atoms with E-state index in [2.05, 4.69) is 29.3 Å². The van der Waals surface area contributed by atoms with Gasteiger partial charge in [-0.3, -0.25) is 0 Å². The van der Waals surface area contributed by atoms with Gasteiger partial charge in [0.1, 0.15) is 0 Å². The highest BCUT2D eigenvalue weighted by atomic mass is 16.5. The first-order valence-corrected chi connectivity index (χ1v) is 6.22. The highest BCUT2D eigenvalue weighted by Crippen LogP contribution is 2.37. The van der Waals surface area contributed by atoms with Crippen LogP contribution in [0.4, 0.5) is 6.01 Å². The predicted octanol–water partition coefficient (Wildman–Crippen LogP) is 3.04. The number of aromatic nitrogens is 2. The Bertz CT molecular complexity index is 327. The fourth-order valence-electron chi connectivity index (χ4n) is 2.55. The van der Waals surface area contributed by atoms with E-state index in [4.69, 9.17) is 4.52 Å². The summed E-state index contributed by atoms with van der Waals surface area (Å²) in [5.41, 5.74) is 0. The zero-order chi connectivity index (χ0) is 11.5. The normalized spacial score (nSPS) is 26.0. The highest BCUT2D eigenvalue weighted by molar-refractivity contribution is 5.17. The molecule has 0 saturated heterocycles. The molecule has 0 unspecified atom stereocenters. The molecule has 0 spiro atoms. The van der Waals surface area contributed by atoms with Gasteiger partial charge in [-0.2, -0.15) is 4.98 Å².